The fourth-order valence-electron chi connectivity index (χ4n) is 3.08. The van der Waals surface area contributed by atoms with Crippen molar-refractivity contribution in [2.45, 2.75) is 20.4 Å². The second-order valence-electron chi connectivity index (χ2n) is 6.45. The molecule has 4 rings (SSSR count). The summed E-state index contributed by atoms with van der Waals surface area (Å²) in [6.45, 7) is 5.16. The van der Waals surface area contributed by atoms with Crippen LogP contribution in [0.15, 0.2) is 65.0 Å². The minimum Gasteiger partial charge on any atom is -0.494 e. The molecule has 0 amide bonds. The van der Waals surface area contributed by atoms with Crippen molar-refractivity contribution >= 4 is 21.6 Å². The highest BCUT2D eigenvalue weighted by Crippen LogP contribution is 2.31. The molecule has 0 aliphatic rings. The fraction of sp³-hybridized carbons (Fsp3) is 0.182. The average Bonchev–Trinajstić information content (AvgIpc) is 3.11. The molecule has 2 heterocycles. The maximum atomic E-state index is 13.1. The van der Waals surface area contributed by atoms with Crippen molar-refractivity contribution in [1.82, 2.24) is 9.55 Å². The van der Waals surface area contributed by atoms with Crippen LogP contribution in [-0.4, -0.2) is 16.2 Å². The summed E-state index contributed by atoms with van der Waals surface area (Å²) in [6.07, 6.45) is 1.64. The van der Waals surface area contributed by atoms with Gasteiger partial charge in [0.25, 0.3) is 5.56 Å². The molecule has 0 unspecified atom stereocenters. The lowest BCUT2D eigenvalue weighted by atomic mass is 10.1. The highest BCUT2D eigenvalue weighted by molar-refractivity contribution is 7.17. The Bertz CT molecular complexity index is 1130. The third-order valence-corrected chi connectivity index (χ3v) is 5.40. The molecular formula is C22H20N2O2S. The molecule has 0 bridgehead atoms. The maximum Gasteiger partial charge on any atom is 0.263 e. The van der Waals surface area contributed by atoms with Crippen LogP contribution in [0.5, 0.6) is 5.75 Å². The third kappa shape index (κ3) is 3.51. The maximum absolute atomic E-state index is 13.1. The van der Waals surface area contributed by atoms with Crippen LogP contribution in [0.4, 0.5) is 0 Å². The van der Waals surface area contributed by atoms with Gasteiger partial charge in [0.15, 0.2) is 0 Å². The van der Waals surface area contributed by atoms with Crippen LogP contribution in [0.2, 0.25) is 0 Å². The summed E-state index contributed by atoms with van der Waals surface area (Å²) in [5, 5.41) is 2.68. The predicted octanol–water partition coefficient (Wildman–Crippen LogP) is 4.88. The molecule has 2 aromatic carbocycles. The number of aromatic nitrogens is 2. The van der Waals surface area contributed by atoms with E-state index in [1.54, 1.807) is 10.9 Å². The molecule has 0 atom stereocenters. The summed E-state index contributed by atoms with van der Waals surface area (Å²) in [6, 6.07) is 16.1. The zero-order chi connectivity index (χ0) is 18.8. The molecule has 0 radical (unpaired) electrons. The van der Waals surface area contributed by atoms with Gasteiger partial charge in [-0.15, -0.1) is 11.3 Å². The predicted molar refractivity (Wildman–Crippen MR) is 111 cm³/mol. The molecule has 5 heteroatoms. The monoisotopic (exact) mass is 376 g/mol. The number of nitrogens with zero attached hydrogens (tertiary/aromatic N) is 2. The van der Waals surface area contributed by atoms with E-state index in [1.165, 1.54) is 16.9 Å². The van der Waals surface area contributed by atoms with E-state index in [2.05, 4.69) is 24.0 Å². The van der Waals surface area contributed by atoms with Crippen LogP contribution in [0.25, 0.3) is 21.3 Å². The van der Waals surface area contributed by atoms with E-state index >= 15 is 0 Å². The van der Waals surface area contributed by atoms with Gasteiger partial charge in [-0.05, 0) is 37.1 Å². The largest absolute Gasteiger partial charge is 0.494 e. The number of hydrogen-bond donors (Lipinski definition) is 0. The van der Waals surface area contributed by atoms with Gasteiger partial charge in [0.05, 0.1) is 24.9 Å². The summed E-state index contributed by atoms with van der Waals surface area (Å²) < 4.78 is 7.19. The van der Waals surface area contributed by atoms with Crippen molar-refractivity contribution in [3.8, 4) is 16.9 Å². The number of aryl methyl sites for hydroxylation is 1. The van der Waals surface area contributed by atoms with Crippen LogP contribution in [-0.2, 0) is 6.54 Å². The van der Waals surface area contributed by atoms with Crippen molar-refractivity contribution in [2.24, 2.45) is 0 Å². The first-order valence-electron chi connectivity index (χ1n) is 8.91. The molecule has 0 saturated carbocycles. The smallest absolute Gasteiger partial charge is 0.263 e. The fourth-order valence-corrected chi connectivity index (χ4v) is 3.99. The number of fused-ring (bicyclic) bond motifs is 1. The van der Waals surface area contributed by atoms with E-state index in [0.29, 0.717) is 18.5 Å². The number of ether oxygens (including phenoxy) is 1. The van der Waals surface area contributed by atoms with Gasteiger partial charge in [-0.1, -0.05) is 42.0 Å². The Hall–Kier alpha value is -2.92. The van der Waals surface area contributed by atoms with Crippen LogP contribution >= 0.6 is 11.3 Å². The van der Waals surface area contributed by atoms with Gasteiger partial charge in [0.1, 0.15) is 10.6 Å². The normalized spacial score (nSPS) is 11.0. The van der Waals surface area contributed by atoms with E-state index in [1.807, 2.05) is 48.7 Å². The van der Waals surface area contributed by atoms with E-state index < -0.39 is 0 Å². The molecule has 27 heavy (non-hydrogen) atoms. The van der Waals surface area contributed by atoms with Crippen molar-refractivity contribution in [3.05, 3.63) is 81.7 Å². The van der Waals surface area contributed by atoms with Crippen molar-refractivity contribution in [1.29, 1.82) is 0 Å². The topological polar surface area (TPSA) is 44.1 Å². The number of rotatable bonds is 5. The zero-order valence-electron chi connectivity index (χ0n) is 15.3. The van der Waals surface area contributed by atoms with Crippen molar-refractivity contribution in [3.63, 3.8) is 0 Å². The number of thiophene rings is 1. The Kier molecular flexibility index (Phi) is 4.77. The Labute approximate surface area is 161 Å². The third-order valence-electron chi connectivity index (χ3n) is 4.51. The molecule has 2 aromatic heterocycles. The van der Waals surface area contributed by atoms with Gasteiger partial charge >= 0.3 is 0 Å². The molecule has 136 valence electrons. The summed E-state index contributed by atoms with van der Waals surface area (Å²) in [7, 11) is 0. The van der Waals surface area contributed by atoms with Crippen molar-refractivity contribution < 1.29 is 4.74 Å². The zero-order valence-corrected chi connectivity index (χ0v) is 16.1. The molecule has 0 saturated heterocycles. The second kappa shape index (κ2) is 7.37. The van der Waals surface area contributed by atoms with E-state index in [-0.39, 0.29) is 5.56 Å². The Morgan fingerprint density at radius 3 is 2.52 bits per heavy atom. The average molecular weight is 376 g/mol. The van der Waals surface area contributed by atoms with Gasteiger partial charge in [0, 0.05) is 10.9 Å². The SMILES string of the molecule is CCOc1ccc(-c2csc3ncn(Cc4ccc(C)cc4)c(=O)c23)cc1. The van der Waals surface area contributed by atoms with Gasteiger partial charge in [-0.25, -0.2) is 4.98 Å². The minimum atomic E-state index is -0.00860. The van der Waals surface area contributed by atoms with Gasteiger partial charge in [-0.2, -0.15) is 0 Å². The van der Waals surface area contributed by atoms with E-state index in [0.717, 1.165) is 27.3 Å². The lowest BCUT2D eigenvalue weighted by Crippen LogP contribution is -2.20. The van der Waals surface area contributed by atoms with E-state index in [4.69, 9.17) is 4.74 Å². The number of hydrogen-bond acceptors (Lipinski definition) is 4. The quantitative estimate of drug-likeness (QED) is 0.499. The Morgan fingerprint density at radius 2 is 1.81 bits per heavy atom. The first-order chi connectivity index (χ1) is 13.2. The Balaban J connectivity index is 1.74. The van der Waals surface area contributed by atoms with Crippen LogP contribution in [0, 0.1) is 6.92 Å². The van der Waals surface area contributed by atoms with Gasteiger partial charge < -0.3 is 4.74 Å². The van der Waals surface area contributed by atoms with Crippen LogP contribution in [0.3, 0.4) is 0 Å². The second-order valence-corrected chi connectivity index (χ2v) is 7.31. The summed E-state index contributed by atoms with van der Waals surface area (Å²) in [5.74, 6) is 0.829. The highest BCUT2D eigenvalue weighted by atomic mass is 32.1. The number of benzene rings is 2. The molecular weight excluding hydrogens is 356 g/mol. The van der Waals surface area contributed by atoms with Crippen molar-refractivity contribution in [2.75, 3.05) is 6.61 Å². The summed E-state index contributed by atoms with van der Waals surface area (Å²) in [4.78, 5) is 18.4. The summed E-state index contributed by atoms with van der Waals surface area (Å²) >= 11 is 1.50. The molecule has 0 aliphatic heterocycles. The van der Waals surface area contributed by atoms with Crippen LogP contribution in [0.1, 0.15) is 18.1 Å². The molecule has 0 fully saturated rings. The molecule has 0 aliphatic carbocycles. The highest BCUT2D eigenvalue weighted by Gasteiger charge is 2.13. The van der Waals surface area contributed by atoms with E-state index in [9.17, 15) is 4.79 Å². The summed E-state index contributed by atoms with van der Waals surface area (Å²) in [5.41, 5.74) is 4.20. The lowest BCUT2D eigenvalue weighted by Gasteiger charge is -2.07. The van der Waals surface area contributed by atoms with Gasteiger partial charge in [-0.3, -0.25) is 9.36 Å². The molecule has 4 aromatic rings. The molecule has 4 nitrogen and oxygen atoms in total. The molecule has 0 spiro atoms. The van der Waals surface area contributed by atoms with Crippen LogP contribution < -0.4 is 10.3 Å². The minimum absolute atomic E-state index is 0.00860. The van der Waals surface area contributed by atoms with Gasteiger partial charge in [0.2, 0.25) is 0 Å². The standard InChI is InChI=1S/C22H20N2O2S/c1-3-26-18-10-8-17(9-11-18)19-13-27-21-20(19)22(25)24(14-23-21)12-16-6-4-15(2)5-7-16/h4-11,13-14H,3,12H2,1-2H3. The first kappa shape index (κ1) is 17.5. The molecule has 0 N–H and O–H groups in total. The Morgan fingerprint density at radius 1 is 1.07 bits per heavy atom. The lowest BCUT2D eigenvalue weighted by molar-refractivity contribution is 0.340. The first-order valence-corrected chi connectivity index (χ1v) is 9.79.